The first-order valence-electron chi connectivity index (χ1n) is 9.93. The van der Waals surface area contributed by atoms with Gasteiger partial charge in [0.05, 0.1) is 24.5 Å². The Bertz CT molecular complexity index is 1060. The molecule has 0 saturated carbocycles. The maximum absolute atomic E-state index is 13.0. The van der Waals surface area contributed by atoms with Gasteiger partial charge in [0.25, 0.3) is 11.8 Å². The minimum atomic E-state index is -6.05. The van der Waals surface area contributed by atoms with Crippen LogP contribution in [0.5, 0.6) is 0 Å². The molecule has 2 atom stereocenters. The lowest BCUT2D eigenvalue weighted by atomic mass is 10.0. The van der Waals surface area contributed by atoms with Gasteiger partial charge in [0.15, 0.2) is 6.61 Å². The average molecular weight is 550 g/mol. The molecule has 0 aliphatic carbocycles. The monoisotopic (exact) mass is 550 g/mol. The topological polar surface area (TPSA) is 137 Å². The Hall–Kier alpha value is -3.70. The zero-order valence-electron chi connectivity index (χ0n) is 18.5. The van der Waals surface area contributed by atoms with E-state index in [1.807, 2.05) is 0 Å². The van der Waals surface area contributed by atoms with Crippen LogP contribution in [0.2, 0.25) is 0 Å². The minimum absolute atomic E-state index is 0.105. The van der Waals surface area contributed by atoms with E-state index in [-0.39, 0.29) is 11.4 Å². The lowest BCUT2D eigenvalue weighted by Crippen LogP contribution is -2.61. The molecule has 37 heavy (non-hydrogen) atoms. The summed E-state index contributed by atoms with van der Waals surface area (Å²) in [6.07, 6.45) is -12.6. The molecule has 0 radical (unpaired) electrons. The molecule has 4 amide bonds. The molecular weight excluding hydrogens is 532 g/mol. The number of rotatable bonds is 6. The minimum Gasteiger partial charge on any atom is -0.439 e. The van der Waals surface area contributed by atoms with Crippen molar-refractivity contribution in [3.8, 4) is 0 Å². The second-order valence-corrected chi connectivity index (χ2v) is 7.77. The second-order valence-electron chi connectivity index (χ2n) is 7.77. The molecule has 2 rings (SSSR count). The van der Waals surface area contributed by atoms with Crippen molar-refractivity contribution < 1.29 is 64.1 Å². The highest BCUT2D eigenvalue weighted by molar-refractivity contribution is 6.10. The van der Waals surface area contributed by atoms with E-state index in [1.54, 1.807) is 5.32 Å². The number of carbonyl (C=O) groups excluding carboxylic acids is 4. The van der Waals surface area contributed by atoms with Crippen LogP contribution in [0.15, 0.2) is 24.3 Å². The number of benzene rings is 1. The number of amides is 4. The van der Waals surface area contributed by atoms with Gasteiger partial charge in [-0.3, -0.25) is 19.3 Å². The standard InChI is InChI=1S/C19H18F8N4O6/c1-16(36,13(33)28-7-17(20,21)19(25,26)27)14(34)30-10-6-31(15(35)37-8-18(22,23)24)11-5-3-2-4-9(11)29-12(10)32/h2-5,10,36H,6-8H2,1H3,(H,28,33)(H,29,32)(H,30,34)/t10-,16-/m0/s1. The molecule has 1 aromatic rings. The van der Waals surface area contributed by atoms with Crippen molar-refractivity contribution in [2.75, 3.05) is 29.9 Å². The zero-order chi connectivity index (χ0) is 28.4. The molecule has 206 valence electrons. The van der Waals surface area contributed by atoms with Crippen molar-refractivity contribution in [1.29, 1.82) is 0 Å². The number of alkyl halides is 8. The number of carbonyl (C=O) groups is 4. The van der Waals surface area contributed by atoms with Gasteiger partial charge in [-0.2, -0.15) is 35.1 Å². The van der Waals surface area contributed by atoms with Gasteiger partial charge in [-0.25, -0.2) is 4.79 Å². The highest BCUT2D eigenvalue weighted by atomic mass is 19.4. The van der Waals surface area contributed by atoms with E-state index in [4.69, 9.17) is 0 Å². The number of hydrogen-bond acceptors (Lipinski definition) is 6. The first-order valence-corrected chi connectivity index (χ1v) is 9.93. The molecule has 0 bridgehead atoms. The summed E-state index contributed by atoms with van der Waals surface area (Å²) >= 11 is 0. The largest absolute Gasteiger partial charge is 0.455 e. The van der Waals surface area contributed by atoms with Crippen molar-refractivity contribution in [2.45, 2.75) is 36.8 Å². The zero-order valence-corrected chi connectivity index (χ0v) is 18.5. The summed E-state index contributed by atoms with van der Waals surface area (Å²) in [6, 6.07) is 3.31. The molecule has 0 unspecified atom stereocenters. The summed E-state index contributed by atoms with van der Waals surface area (Å²) in [4.78, 5) is 49.9. The van der Waals surface area contributed by atoms with Gasteiger partial charge in [0, 0.05) is 0 Å². The van der Waals surface area contributed by atoms with Crippen molar-refractivity contribution in [3.63, 3.8) is 0 Å². The number of ether oxygens (including phenoxy) is 1. The molecule has 0 saturated heterocycles. The molecule has 10 nitrogen and oxygen atoms in total. The lowest BCUT2D eigenvalue weighted by Gasteiger charge is -2.28. The number of halogens is 8. The van der Waals surface area contributed by atoms with E-state index >= 15 is 0 Å². The van der Waals surface area contributed by atoms with Crippen LogP contribution in [0, 0.1) is 0 Å². The van der Waals surface area contributed by atoms with Crippen molar-refractivity contribution in [2.24, 2.45) is 0 Å². The number of hydrogen-bond donors (Lipinski definition) is 4. The Morgan fingerprint density at radius 3 is 2.24 bits per heavy atom. The lowest BCUT2D eigenvalue weighted by molar-refractivity contribution is -0.278. The third-order valence-electron chi connectivity index (χ3n) is 4.79. The third kappa shape index (κ3) is 7.17. The van der Waals surface area contributed by atoms with Crippen LogP contribution in [-0.4, -0.2) is 78.5 Å². The van der Waals surface area contributed by atoms with Gasteiger partial charge >= 0.3 is 24.4 Å². The maximum atomic E-state index is 13.0. The molecule has 0 fully saturated rings. The number of fused-ring (bicyclic) bond motifs is 1. The Labute approximate surface area is 201 Å². The van der Waals surface area contributed by atoms with E-state index in [0.717, 1.165) is 5.32 Å². The fourth-order valence-corrected chi connectivity index (χ4v) is 2.77. The highest BCUT2D eigenvalue weighted by Crippen LogP contribution is 2.35. The van der Waals surface area contributed by atoms with Gasteiger partial charge in [-0.15, -0.1) is 0 Å². The molecule has 1 heterocycles. The van der Waals surface area contributed by atoms with Crippen LogP contribution in [0.3, 0.4) is 0 Å². The predicted octanol–water partition coefficient (Wildman–Crippen LogP) is 1.69. The molecule has 0 spiro atoms. The summed E-state index contributed by atoms with van der Waals surface area (Å²) < 4.78 is 105. The van der Waals surface area contributed by atoms with E-state index < -0.39 is 73.4 Å². The molecular formula is C19H18F8N4O6. The first kappa shape index (κ1) is 29.5. The Balaban J connectivity index is 2.21. The Kier molecular flexibility index (Phi) is 8.26. The predicted molar refractivity (Wildman–Crippen MR) is 106 cm³/mol. The molecule has 18 heteroatoms. The Morgan fingerprint density at radius 2 is 1.68 bits per heavy atom. The van der Waals surface area contributed by atoms with Gasteiger partial charge in [-0.1, -0.05) is 12.1 Å². The number of para-hydroxylation sites is 2. The van der Waals surface area contributed by atoms with E-state index in [9.17, 15) is 59.4 Å². The highest BCUT2D eigenvalue weighted by Gasteiger charge is 2.58. The van der Waals surface area contributed by atoms with E-state index in [1.165, 1.54) is 24.3 Å². The van der Waals surface area contributed by atoms with E-state index in [2.05, 4.69) is 10.1 Å². The van der Waals surface area contributed by atoms with Gasteiger partial charge in [-0.05, 0) is 19.1 Å². The SMILES string of the molecule is C[C@](O)(C(=O)NCC(F)(F)C(F)(F)F)C(=O)N[C@H]1CN(C(=O)OCC(F)(F)F)c2ccccc2NC1=O. The second kappa shape index (κ2) is 10.3. The van der Waals surface area contributed by atoms with Crippen molar-refractivity contribution >= 4 is 35.2 Å². The number of nitrogens with one attached hydrogen (secondary N) is 3. The number of nitrogens with zero attached hydrogens (tertiary/aromatic N) is 1. The normalized spacial score (nSPS) is 18.1. The van der Waals surface area contributed by atoms with Gasteiger partial charge < -0.3 is 25.8 Å². The summed E-state index contributed by atoms with van der Waals surface area (Å²) in [5, 5.41) is 15.3. The summed E-state index contributed by atoms with van der Waals surface area (Å²) in [7, 11) is 0. The number of aliphatic hydroxyl groups is 1. The van der Waals surface area contributed by atoms with Crippen molar-refractivity contribution in [1.82, 2.24) is 10.6 Å². The van der Waals surface area contributed by atoms with Crippen LogP contribution >= 0.6 is 0 Å². The number of anilines is 2. The summed E-state index contributed by atoms with van der Waals surface area (Å²) in [5.74, 6) is -10.3. The molecule has 1 aliphatic rings. The average Bonchev–Trinajstić information content (AvgIpc) is 2.90. The third-order valence-corrected chi connectivity index (χ3v) is 4.79. The van der Waals surface area contributed by atoms with Crippen LogP contribution in [0.1, 0.15) is 6.92 Å². The summed E-state index contributed by atoms with van der Waals surface area (Å²) in [6.45, 7) is -4.80. The van der Waals surface area contributed by atoms with Crippen molar-refractivity contribution in [3.05, 3.63) is 24.3 Å². The van der Waals surface area contributed by atoms with Gasteiger partial charge in [0.2, 0.25) is 11.5 Å². The maximum Gasteiger partial charge on any atom is 0.455 e. The fourth-order valence-electron chi connectivity index (χ4n) is 2.77. The quantitative estimate of drug-likeness (QED) is 0.315. The van der Waals surface area contributed by atoms with Crippen LogP contribution in [-0.2, 0) is 19.1 Å². The molecule has 1 aliphatic heterocycles. The molecule has 0 aromatic heterocycles. The van der Waals surface area contributed by atoms with Crippen LogP contribution in [0.4, 0.5) is 51.3 Å². The van der Waals surface area contributed by atoms with E-state index in [0.29, 0.717) is 11.8 Å². The van der Waals surface area contributed by atoms with Crippen LogP contribution < -0.4 is 20.9 Å². The molecule has 4 N–H and O–H groups in total. The van der Waals surface area contributed by atoms with Gasteiger partial charge in [0.1, 0.15) is 6.04 Å². The summed E-state index contributed by atoms with van der Waals surface area (Å²) in [5.41, 5.74) is -3.56. The Morgan fingerprint density at radius 1 is 1.08 bits per heavy atom. The first-order chi connectivity index (χ1) is 16.8. The fraction of sp³-hybridized carbons (Fsp3) is 0.474. The molecule has 1 aromatic carbocycles. The van der Waals surface area contributed by atoms with Crippen LogP contribution in [0.25, 0.3) is 0 Å². The smallest absolute Gasteiger partial charge is 0.439 e.